The maximum Gasteiger partial charge on any atom is 0.355 e. The summed E-state index contributed by atoms with van der Waals surface area (Å²) < 4.78 is 16.6. The average molecular weight is 573 g/mol. The van der Waals surface area contributed by atoms with Gasteiger partial charge in [0, 0.05) is 25.7 Å². The van der Waals surface area contributed by atoms with E-state index in [4.69, 9.17) is 16.6 Å². The molecule has 210 valence electrons. The minimum atomic E-state index is -0.779. The van der Waals surface area contributed by atoms with Gasteiger partial charge in [0.1, 0.15) is 17.9 Å². The minimum Gasteiger partial charge on any atom is -0.375 e. The molecule has 8 nitrogen and oxygen atoms in total. The molecule has 4 aromatic rings. The van der Waals surface area contributed by atoms with Crippen LogP contribution in [0, 0.1) is 17.1 Å². The van der Waals surface area contributed by atoms with Gasteiger partial charge in [-0.1, -0.05) is 56.3 Å². The highest BCUT2D eigenvalue weighted by atomic mass is 35.5. The number of piperazine rings is 1. The molecule has 3 heterocycles. The van der Waals surface area contributed by atoms with Crippen LogP contribution in [0.4, 0.5) is 10.2 Å². The Bertz CT molecular complexity index is 1750. The Hall–Kier alpha value is -4.10. The van der Waals surface area contributed by atoms with Gasteiger partial charge in [0.2, 0.25) is 0 Å². The van der Waals surface area contributed by atoms with Gasteiger partial charge in [-0.25, -0.2) is 18.7 Å². The van der Waals surface area contributed by atoms with Crippen molar-refractivity contribution in [2.45, 2.75) is 39.0 Å². The lowest BCUT2D eigenvalue weighted by atomic mass is 10.0. The summed E-state index contributed by atoms with van der Waals surface area (Å²) in [6, 6.07) is 15.2. The number of pyridine rings is 1. The first-order chi connectivity index (χ1) is 19.7. The predicted molar refractivity (Wildman–Crippen MR) is 159 cm³/mol. The molecular weight excluding hydrogens is 543 g/mol. The SMILES string of the molecule is C=CC(O)N1CCN(c2nc(=O)n(-c3ccccc3C(C)C)c3nc(-c4c(F)cccc4C#N)c(Cl)cc23)[C@@H](C)C1. The summed E-state index contributed by atoms with van der Waals surface area (Å²) in [6.45, 7) is 11.2. The minimum absolute atomic E-state index is 0.0307. The van der Waals surface area contributed by atoms with Crippen LogP contribution in [0.15, 0.2) is 66.0 Å². The second-order valence-corrected chi connectivity index (χ2v) is 10.8. The number of nitriles is 1. The molecule has 2 aromatic heterocycles. The number of halogens is 2. The van der Waals surface area contributed by atoms with E-state index in [1.807, 2.05) is 60.9 Å². The van der Waals surface area contributed by atoms with Crippen molar-refractivity contribution < 1.29 is 9.50 Å². The molecule has 0 spiro atoms. The molecule has 1 unspecified atom stereocenters. The van der Waals surface area contributed by atoms with Crippen LogP contribution in [-0.4, -0.2) is 56.4 Å². The van der Waals surface area contributed by atoms with E-state index in [9.17, 15) is 15.2 Å². The van der Waals surface area contributed by atoms with Crippen molar-refractivity contribution in [2.75, 3.05) is 24.5 Å². The Kier molecular flexibility index (Phi) is 7.91. The molecule has 1 aliphatic heterocycles. The number of rotatable bonds is 6. The molecule has 0 bridgehead atoms. The fourth-order valence-electron chi connectivity index (χ4n) is 5.44. The van der Waals surface area contributed by atoms with E-state index in [-0.39, 0.29) is 39.5 Å². The van der Waals surface area contributed by atoms with Gasteiger partial charge in [-0.05, 0) is 48.7 Å². The molecule has 1 fully saturated rings. The number of hydrogen-bond donors (Lipinski definition) is 1. The highest BCUT2D eigenvalue weighted by molar-refractivity contribution is 6.34. The summed E-state index contributed by atoms with van der Waals surface area (Å²) in [6.07, 6.45) is 0.700. The lowest BCUT2D eigenvalue weighted by Crippen LogP contribution is -2.55. The van der Waals surface area contributed by atoms with Crippen molar-refractivity contribution in [3.8, 4) is 23.0 Å². The summed E-state index contributed by atoms with van der Waals surface area (Å²) in [5, 5.41) is 20.6. The topological polar surface area (TPSA) is 98.3 Å². The van der Waals surface area contributed by atoms with Crippen molar-refractivity contribution in [3.63, 3.8) is 0 Å². The van der Waals surface area contributed by atoms with E-state index in [0.717, 1.165) is 5.56 Å². The molecule has 0 aliphatic carbocycles. The number of nitrogens with zero attached hydrogens (tertiary/aromatic N) is 6. The van der Waals surface area contributed by atoms with Crippen LogP contribution in [0.5, 0.6) is 0 Å². The highest BCUT2D eigenvalue weighted by Gasteiger charge is 2.30. The van der Waals surface area contributed by atoms with Crippen LogP contribution in [0.3, 0.4) is 0 Å². The van der Waals surface area contributed by atoms with Crippen LogP contribution in [0.2, 0.25) is 5.02 Å². The first-order valence-corrected chi connectivity index (χ1v) is 13.8. The molecule has 1 aliphatic rings. The smallest absolute Gasteiger partial charge is 0.355 e. The number of hydrogen-bond acceptors (Lipinski definition) is 7. The first-order valence-electron chi connectivity index (χ1n) is 13.4. The third-order valence-electron chi connectivity index (χ3n) is 7.49. The zero-order valence-corrected chi connectivity index (χ0v) is 23.8. The Morgan fingerprint density at radius 3 is 2.63 bits per heavy atom. The Morgan fingerprint density at radius 1 is 1.20 bits per heavy atom. The molecule has 5 rings (SSSR count). The third kappa shape index (κ3) is 5.10. The molecular formula is C31H30ClFN6O2. The second-order valence-electron chi connectivity index (χ2n) is 10.4. The van der Waals surface area contributed by atoms with Crippen LogP contribution in [-0.2, 0) is 0 Å². The Morgan fingerprint density at radius 2 is 1.95 bits per heavy atom. The number of aromatic nitrogens is 3. The zero-order valence-electron chi connectivity index (χ0n) is 23.1. The van der Waals surface area contributed by atoms with E-state index < -0.39 is 17.7 Å². The van der Waals surface area contributed by atoms with Crippen LogP contribution < -0.4 is 10.6 Å². The quantitative estimate of drug-likeness (QED) is 0.315. The molecule has 10 heteroatoms. The van der Waals surface area contributed by atoms with Gasteiger partial charge in [0.25, 0.3) is 0 Å². The molecule has 0 radical (unpaired) electrons. The van der Waals surface area contributed by atoms with Crippen molar-refractivity contribution in [2.24, 2.45) is 0 Å². The summed E-state index contributed by atoms with van der Waals surface area (Å²) in [5.41, 5.74) is 1.34. The molecule has 1 saturated heterocycles. The maximum absolute atomic E-state index is 15.2. The van der Waals surface area contributed by atoms with Gasteiger partial charge in [0.05, 0.1) is 39.0 Å². The molecule has 2 atom stereocenters. The number of para-hydroxylation sites is 1. The summed E-state index contributed by atoms with van der Waals surface area (Å²) >= 11 is 6.76. The Labute approximate surface area is 242 Å². The maximum atomic E-state index is 15.2. The lowest BCUT2D eigenvalue weighted by Gasteiger charge is -2.42. The predicted octanol–water partition coefficient (Wildman–Crippen LogP) is 5.25. The van der Waals surface area contributed by atoms with E-state index >= 15 is 4.39 Å². The first kappa shape index (κ1) is 28.4. The summed E-state index contributed by atoms with van der Waals surface area (Å²) in [4.78, 5) is 27.1. The zero-order chi connectivity index (χ0) is 29.4. The van der Waals surface area contributed by atoms with Gasteiger partial charge in [-0.15, -0.1) is 0 Å². The molecule has 0 amide bonds. The Balaban J connectivity index is 1.81. The van der Waals surface area contributed by atoms with Gasteiger partial charge >= 0.3 is 5.69 Å². The monoisotopic (exact) mass is 572 g/mol. The second kappa shape index (κ2) is 11.4. The summed E-state index contributed by atoms with van der Waals surface area (Å²) in [7, 11) is 0. The summed E-state index contributed by atoms with van der Waals surface area (Å²) in [5.74, 6) is -0.159. The highest BCUT2D eigenvalue weighted by Crippen LogP contribution is 2.37. The number of benzene rings is 2. The van der Waals surface area contributed by atoms with Crippen molar-refractivity contribution in [1.82, 2.24) is 19.4 Å². The fourth-order valence-corrected chi connectivity index (χ4v) is 5.69. The normalized spacial score (nSPS) is 16.6. The number of aliphatic hydroxyl groups excluding tert-OH is 1. The van der Waals surface area contributed by atoms with Gasteiger partial charge in [-0.2, -0.15) is 10.2 Å². The van der Waals surface area contributed by atoms with Crippen molar-refractivity contribution in [3.05, 3.63) is 93.6 Å². The van der Waals surface area contributed by atoms with E-state index in [1.165, 1.54) is 28.8 Å². The van der Waals surface area contributed by atoms with Crippen molar-refractivity contribution >= 4 is 28.5 Å². The number of aliphatic hydroxyl groups is 1. The van der Waals surface area contributed by atoms with E-state index in [2.05, 4.69) is 11.6 Å². The van der Waals surface area contributed by atoms with Crippen LogP contribution in [0.1, 0.15) is 37.8 Å². The van der Waals surface area contributed by atoms with Gasteiger partial charge in [0.15, 0.2) is 5.65 Å². The fraction of sp³-hybridized carbons (Fsp3) is 0.290. The number of anilines is 1. The number of fused-ring (bicyclic) bond motifs is 1. The van der Waals surface area contributed by atoms with Gasteiger partial charge < -0.3 is 10.0 Å². The molecule has 0 saturated carbocycles. The van der Waals surface area contributed by atoms with Crippen molar-refractivity contribution in [1.29, 1.82) is 5.26 Å². The molecule has 41 heavy (non-hydrogen) atoms. The molecule has 1 N–H and O–H groups in total. The van der Waals surface area contributed by atoms with E-state index in [0.29, 0.717) is 36.5 Å². The van der Waals surface area contributed by atoms with Gasteiger partial charge in [-0.3, -0.25) is 4.90 Å². The average Bonchev–Trinajstić information content (AvgIpc) is 2.96. The lowest BCUT2D eigenvalue weighted by molar-refractivity contribution is 0.0296. The standard InChI is InChI=1S/C31H30ClFN6O2/c1-5-26(40)37-13-14-38(19(4)17-37)29-22-15-23(32)28(27-20(16-34)9-8-11-24(27)33)35-30(22)39(31(41)36-29)25-12-7-6-10-21(25)18(2)3/h5-12,15,18-19,26,40H,1,13-14,17H2,2-4H3/t19-,26?/m0/s1. The molecule has 2 aromatic carbocycles. The van der Waals surface area contributed by atoms with Crippen LogP contribution in [0.25, 0.3) is 28.0 Å². The largest absolute Gasteiger partial charge is 0.375 e. The third-order valence-corrected chi connectivity index (χ3v) is 7.78. The van der Waals surface area contributed by atoms with Crippen LogP contribution >= 0.6 is 11.6 Å². The van der Waals surface area contributed by atoms with E-state index in [1.54, 1.807) is 6.07 Å².